The summed E-state index contributed by atoms with van der Waals surface area (Å²) in [5, 5.41) is 6.50. The van der Waals surface area contributed by atoms with Crippen molar-refractivity contribution in [2.24, 2.45) is 7.05 Å². The summed E-state index contributed by atoms with van der Waals surface area (Å²) in [6.45, 7) is 6.89. The average Bonchev–Trinajstić information content (AvgIpc) is 3.04. The minimum Gasteiger partial charge on any atom is -0.332 e. The molecule has 1 unspecified atom stereocenters. The van der Waals surface area contributed by atoms with Crippen molar-refractivity contribution in [2.75, 3.05) is 6.54 Å². The predicted molar refractivity (Wildman–Crippen MR) is 89.9 cm³/mol. The molecule has 0 saturated heterocycles. The summed E-state index contributed by atoms with van der Waals surface area (Å²) in [7, 11) is 1.92. The van der Waals surface area contributed by atoms with Crippen molar-refractivity contribution in [1.29, 1.82) is 0 Å². The largest absolute Gasteiger partial charge is 0.332 e. The van der Waals surface area contributed by atoms with Crippen LogP contribution < -0.4 is 0 Å². The Hall–Kier alpha value is -1.88. The van der Waals surface area contributed by atoms with Crippen LogP contribution in [0.25, 0.3) is 6.08 Å². The van der Waals surface area contributed by atoms with E-state index in [-0.39, 0.29) is 11.9 Å². The number of carbonyl (C=O) groups excluding carboxylic acids is 1. The van der Waals surface area contributed by atoms with Crippen molar-refractivity contribution in [1.82, 2.24) is 14.7 Å². The number of fused-ring (bicyclic) bond motifs is 1. The van der Waals surface area contributed by atoms with Crippen LogP contribution in [-0.4, -0.2) is 27.1 Å². The standard InChI is InChI=1S/C17H21N3OS/c1-11-14(12(2)19(4)18-11)5-6-17(21)20-9-7-16-15(13(20)3)8-10-22-16/h5-6,8,10,13H,7,9H2,1-4H3/b6-5+. The Bertz CT molecular complexity index is 741. The molecule has 5 heteroatoms. The third-order valence-electron chi connectivity index (χ3n) is 4.52. The van der Waals surface area contributed by atoms with Crippen LogP contribution in [0, 0.1) is 13.8 Å². The number of hydrogen-bond acceptors (Lipinski definition) is 3. The second kappa shape index (κ2) is 5.72. The van der Waals surface area contributed by atoms with Gasteiger partial charge in [0, 0.05) is 35.8 Å². The topological polar surface area (TPSA) is 38.1 Å². The average molecular weight is 315 g/mol. The number of rotatable bonds is 2. The Labute approximate surface area is 135 Å². The molecule has 0 aliphatic carbocycles. The van der Waals surface area contributed by atoms with Crippen molar-refractivity contribution in [2.45, 2.75) is 33.2 Å². The molecule has 0 saturated carbocycles. The Kier molecular flexibility index (Phi) is 3.91. The normalized spacial score (nSPS) is 18.0. The second-order valence-electron chi connectivity index (χ2n) is 5.80. The molecule has 1 amide bonds. The zero-order valence-electron chi connectivity index (χ0n) is 13.5. The maximum absolute atomic E-state index is 12.6. The SMILES string of the molecule is Cc1nn(C)c(C)c1/C=C/C(=O)N1CCc2sccc2C1C. The first-order chi connectivity index (χ1) is 10.5. The van der Waals surface area contributed by atoms with E-state index in [4.69, 9.17) is 0 Å². The molecule has 22 heavy (non-hydrogen) atoms. The van der Waals surface area contributed by atoms with Gasteiger partial charge in [0.2, 0.25) is 5.91 Å². The van der Waals surface area contributed by atoms with Crippen molar-refractivity contribution in [3.05, 3.63) is 44.9 Å². The van der Waals surface area contributed by atoms with Gasteiger partial charge < -0.3 is 4.90 Å². The first-order valence-electron chi connectivity index (χ1n) is 7.54. The van der Waals surface area contributed by atoms with Gasteiger partial charge in [0.1, 0.15) is 0 Å². The molecule has 1 atom stereocenters. The predicted octanol–water partition coefficient (Wildman–Crippen LogP) is 3.26. The molecule has 3 rings (SSSR count). The lowest BCUT2D eigenvalue weighted by Crippen LogP contribution is -2.37. The molecule has 1 aliphatic heterocycles. The smallest absolute Gasteiger partial charge is 0.247 e. The zero-order chi connectivity index (χ0) is 15.9. The van der Waals surface area contributed by atoms with Crippen LogP contribution in [0.3, 0.4) is 0 Å². The number of amides is 1. The summed E-state index contributed by atoms with van der Waals surface area (Å²) in [5.41, 5.74) is 4.37. The van der Waals surface area contributed by atoms with E-state index in [1.807, 2.05) is 36.6 Å². The molecular weight excluding hydrogens is 294 g/mol. The van der Waals surface area contributed by atoms with E-state index in [2.05, 4.69) is 23.5 Å². The highest BCUT2D eigenvalue weighted by Gasteiger charge is 2.27. The maximum Gasteiger partial charge on any atom is 0.247 e. The first kappa shape index (κ1) is 15.0. The van der Waals surface area contributed by atoms with E-state index >= 15 is 0 Å². The minimum absolute atomic E-state index is 0.0759. The van der Waals surface area contributed by atoms with Gasteiger partial charge in [0.15, 0.2) is 0 Å². The number of carbonyl (C=O) groups is 1. The quantitative estimate of drug-likeness (QED) is 0.798. The first-order valence-corrected chi connectivity index (χ1v) is 8.42. The molecule has 4 nitrogen and oxygen atoms in total. The summed E-state index contributed by atoms with van der Waals surface area (Å²) in [6.07, 6.45) is 4.54. The third-order valence-corrected chi connectivity index (χ3v) is 5.51. The molecule has 3 heterocycles. The van der Waals surface area contributed by atoms with E-state index in [9.17, 15) is 4.79 Å². The monoisotopic (exact) mass is 315 g/mol. The fourth-order valence-corrected chi connectivity index (χ4v) is 4.05. The Balaban J connectivity index is 1.79. The number of nitrogens with zero attached hydrogens (tertiary/aromatic N) is 3. The number of hydrogen-bond donors (Lipinski definition) is 0. The third kappa shape index (κ3) is 2.50. The molecule has 0 bridgehead atoms. The van der Waals surface area contributed by atoms with E-state index < -0.39 is 0 Å². The summed E-state index contributed by atoms with van der Waals surface area (Å²) in [5.74, 6) is 0.0759. The minimum atomic E-state index is 0.0759. The van der Waals surface area contributed by atoms with Gasteiger partial charge in [-0.25, -0.2) is 0 Å². The van der Waals surface area contributed by atoms with Crippen LogP contribution in [0.2, 0.25) is 0 Å². The highest BCUT2D eigenvalue weighted by molar-refractivity contribution is 7.10. The lowest BCUT2D eigenvalue weighted by atomic mass is 10.0. The molecule has 0 radical (unpaired) electrons. The molecule has 2 aromatic heterocycles. The Morgan fingerprint density at radius 1 is 1.45 bits per heavy atom. The molecule has 0 N–H and O–H groups in total. The van der Waals surface area contributed by atoms with Crippen LogP contribution in [0.1, 0.15) is 40.4 Å². The highest BCUT2D eigenvalue weighted by atomic mass is 32.1. The van der Waals surface area contributed by atoms with Gasteiger partial charge in [0.05, 0.1) is 11.7 Å². The lowest BCUT2D eigenvalue weighted by molar-refractivity contribution is -0.128. The summed E-state index contributed by atoms with van der Waals surface area (Å²) in [6, 6.07) is 2.30. The molecule has 116 valence electrons. The number of aryl methyl sites for hydroxylation is 2. The molecule has 1 aliphatic rings. The van der Waals surface area contributed by atoms with E-state index in [1.54, 1.807) is 17.4 Å². The number of aromatic nitrogens is 2. The van der Waals surface area contributed by atoms with Gasteiger partial charge in [-0.15, -0.1) is 11.3 Å². The summed E-state index contributed by atoms with van der Waals surface area (Å²) in [4.78, 5) is 15.9. The van der Waals surface area contributed by atoms with Gasteiger partial charge in [-0.3, -0.25) is 9.48 Å². The molecule has 2 aromatic rings. The maximum atomic E-state index is 12.6. The molecular formula is C17H21N3OS. The summed E-state index contributed by atoms with van der Waals surface area (Å²) >= 11 is 1.79. The van der Waals surface area contributed by atoms with Crippen molar-refractivity contribution in [3.8, 4) is 0 Å². The van der Waals surface area contributed by atoms with Gasteiger partial charge >= 0.3 is 0 Å². The van der Waals surface area contributed by atoms with E-state index in [1.165, 1.54) is 10.4 Å². The molecule has 0 spiro atoms. The van der Waals surface area contributed by atoms with Gasteiger partial charge in [-0.05, 0) is 50.3 Å². The van der Waals surface area contributed by atoms with E-state index in [0.717, 1.165) is 29.9 Å². The van der Waals surface area contributed by atoms with Crippen LogP contribution in [0.5, 0.6) is 0 Å². The van der Waals surface area contributed by atoms with Crippen LogP contribution in [0.15, 0.2) is 17.5 Å². The van der Waals surface area contributed by atoms with Crippen molar-refractivity contribution in [3.63, 3.8) is 0 Å². The highest BCUT2D eigenvalue weighted by Crippen LogP contribution is 2.32. The lowest BCUT2D eigenvalue weighted by Gasteiger charge is -2.32. The van der Waals surface area contributed by atoms with Gasteiger partial charge in [-0.1, -0.05) is 0 Å². The van der Waals surface area contributed by atoms with Gasteiger partial charge in [-0.2, -0.15) is 5.10 Å². The Morgan fingerprint density at radius 3 is 2.91 bits per heavy atom. The number of thiophene rings is 1. The zero-order valence-corrected chi connectivity index (χ0v) is 14.3. The molecule has 0 fully saturated rings. The van der Waals surface area contributed by atoms with Crippen molar-refractivity contribution >= 4 is 23.3 Å². The second-order valence-corrected chi connectivity index (χ2v) is 6.80. The Morgan fingerprint density at radius 2 is 2.23 bits per heavy atom. The van der Waals surface area contributed by atoms with Crippen molar-refractivity contribution < 1.29 is 4.79 Å². The van der Waals surface area contributed by atoms with Crippen LogP contribution in [-0.2, 0) is 18.3 Å². The van der Waals surface area contributed by atoms with Crippen LogP contribution in [0.4, 0.5) is 0 Å². The fourth-order valence-electron chi connectivity index (χ4n) is 3.09. The summed E-state index contributed by atoms with van der Waals surface area (Å²) < 4.78 is 1.85. The van der Waals surface area contributed by atoms with Crippen LogP contribution >= 0.6 is 11.3 Å². The van der Waals surface area contributed by atoms with E-state index in [0.29, 0.717) is 0 Å². The fraction of sp³-hybridized carbons (Fsp3) is 0.412. The van der Waals surface area contributed by atoms with Gasteiger partial charge in [0.25, 0.3) is 0 Å². The molecule has 0 aromatic carbocycles.